The molecule has 0 aliphatic heterocycles. The van der Waals surface area contributed by atoms with E-state index in [9.17, 15) is 8.42 Å². The molecule has 5 nitrogen and oxygen atoms in total. The first-order valence-corrected chi connectivity index (χ1v) is 9.87. The molecule has 0 radical (unpaired) electrons. The number of hydrogen-bond acceptors (Lipinski definition) is 3. The zero-order valence-electron chi connectivity index (χ0n) is 15.7. The van der Waals surface area contributed by atoms with Crippen molar-refractivity contribution in [3.63, 3.8) is 0 Å². The number of fused-ring (bicyclic) bond motifs is 1. The van der Waals surface area contributed by atoms with Gasteiger partial charge in [0.1, 0.15) is 0 Å². The van der Waals surface area contributed by atoms with Crippen LogP contribution >= 0.6 is 0 Å². The van der Waals surface area contributed by atoms with Crippen LogP contribution in [0.15, 0.2) is 46.4 Å². The van der Waals surface area contributed by atoms with Gasteiger partial charge in [0.25, 0.3) is 10.0 Å². The molecule has 0 atom stereocenters. The molecular formula is C20H23N3O2S. The highest BCUT2D eigenvalue weighted by Crippen LogP contribution is 2.24. The Hall–Kier alpha value is -2.60. The molecule has 1 heterocycles. The Labute approximate surface area is 154 Å². The van der Waals surface area contributed by atoms with Crippen molar-refractivity contribution in [3.8, 4) is 0 Å². The Kier molecular flexibility index (Phi) is 4.63. The third-order valence-electron chi connectivity index (χ3n) is 4.69. The zero-order chi connectivity index (χ0) is 19.1. The van der Waals surface area contributed by atoms with Crippen molar-refractivity contribution < 1.29 is 8.42 Å². The molecule has 0 fully saturated rings. The minimum absolute atomic E-state index is 0.287. The highest BCUT2D eigenvalue weighted by atomic mass is 32.2. The van der Waals surface area contributed by atoms with E-state index in [2.05, 4.69) is 14.5 Å². The summed E-state index contributed by atoms with van der Waals surface area (Å²) in [7, 11) is -1.74. The van der Waals surface area contributed by atoms with E-state index in [-0.39, 0.29) is 4.90 Å². The second-order valence-electron chi connectivity index (χ2n) is 6.66. The topological polar surface area (TPSA) is 63.5 Å². The molecule has 2 aromatic carbocycles. The first-order valence-electron chi connectivity index (χ1n) is 8.39. The number of nitrogens with zero attached hydrogens (tertiary/aromatic N) is 2. The van der Waals surface area contributed by atoms with Crippen molar-refractivity contribution in [2.45, 2.75) is 32.6 Å². The first kappa shape index (κ1) is 18.2. The molecule has 136 valence electrons. The van der Waals surface area contributed by atoms with Crippen molar-refractivity contribution in [3.05, 3.63) is 64.3 Å². The molecule has 0 bridgehead atoms. The number of rotatable bonds is 4. The molecular weight excluding hydrogens is 346 g/mol. The van der Waals surface area contributed by atoms with Gasteiger partial charge in [0.05, 0.1) is 11.1 Å². The van der Waals surface area contributed by atoms with Crippen molar-refractivity contribution in [2.24, 2.45) is 12.1 Å². The Bertz CT molecular complexity index is 1100. The maximum atomic E-state index is 12.7. The molecule has 0 aliphatic carbocycles. The summed E-state index contributed by atoms with van der Waals surface area (Å²) >= 11 is 0. The van der Waals surface area contributed by atoms with Gasteiger partial charge in [0.2, 0.25) is 0 Å². The van der Waals surface area contributed by atoms with Crippen LogP contribution in [0, 0.1) is 27.7 Å². The lowest BCUT2D eigenvalue weighted by Crippen LogP contribution is -2.20. The number of aromatic nitrogens is 1. The van der Waals surface area contributed by atoms with Crippen molar-refractivity contribution in [1.82, 2.24) is 9.40 Å². The van der Waals surface area contributed by atoms with E-state index in [1.54, 1.807) is 20.1 Å². The third kappa shape index (κ3) is 3.12. The Balaban J connectivity index is 1.96. The maximum Gasteiger partial charge on any atom is 0.277 e. The molecule has 3 rings (SSSR count). The van der Waals surface area contributed by atoms with Gasteiger partial charge in [0.15, 0.2) is 0 Å². The number of para-hydroxylation sites is 1. The Morgan fingerprint density at radius 1 is 1.04 bits per heavy atom. The van der Waals surface area contributed by atoms with Crippen LogP contribution in [0.1, 0.15) is 27.9 Å². The fourth-order valence-electron chi connectivity index (χ4n) is 3.51. The van der Waals surface area contributed by atoms with Crippen LogP contribution in [0.3, 0.4) is 0 Å². The van der Waals surface area contributed by atoms with Gasteiger partial charge in [-0.1, -0.05) is 35.9 Å². The average molecular weight is 369 g/mol. The van der Waals surface area contributed by atoms with Gasteiger partial charge >= 0.3 is 0 Å². The smallest absolute Gasteiger partial charge is 0.277 e. The van der Waals surface area contributed by atoms with Crippen molar-refractivity contribution in [1.29, 1.82) is 0 Å². The lowest BCUT2D eigenvalue weighted by Gasteiger charge is -2.11. The maximum absolute atomic E-state index is 12.7. The zero-order valence-corrected chi connectivity index (χ0v) is 16.5. The van der Waals surface area contributed by atoms with E-state index >= 15 is 0 Å². The summed E-state index contributed by atoms with van der Waals surface area (Å²) in [6.07, 6.45) is 1.58. The summed E-state index contributed by atoms with van der Waals surface area (Å²) in [5.74, 6) is 0. The van der Waals surface area contributed by atoms with Crippen LogP contribution in [-0.2, 0) is 17.1 Å². The van der Waals surface area contributed by atoms with Crippen LogP contribution < -0.4 is 4.83 Å². The molecule has 1 N–H and O–H groups in total. The molecule has 0 saturated carbocycles. The number of hydrogen-bond donors (Lipinski definition) is 1. The molecule has 3 aromatic rings. The summed E-state index contributed by atoms with van der Waals surface area (Å²) in [5, 5.41) is 5.08. The molecule has 0 spiro atoms. The summed E-state index contributed by atoms with van der Waals surface area (Å²) in [6, 6.07) is 11.7. The number of hydrazone groups is 1. The second kappa shape index (κ2) is 6.61. The number of aryl methyl sites for hydroxylation is 4. The molecule has 0 amide bonds. The van der Waals surface area contributed by atoms with Gasteiger partial charge in [-0.25, -0.2) is 4.83 Å². The number of nitrogens with one attached hydrogen (secondary N) is 1. The van der Waals surface area contributed by atoms with Crippen molar-refractivity contribution >= 4 is 27.1 Å². The highest BCUT2D eigenvalue weighted by molar-refractivity contribution is 7.89. The lowest BCUT2D eigenvalue weighted by molar-refractivity contribution is 0.583. The van der Waals surface area contributed by atoms with Gasteiger partial charge in [-0.3, -0.25) is 0 Å². The molecule has 26 heavy (non-hydrogen) atoms. The molecule has 1 aromatic heterocycles. The summed E-state index contributed by atoms with van der Waals surface area (Å²) in [5.41, 5.74) is 5.48. The Morgan fingerprint density at radius 2 is 1.65 bits per heavy atom. The van der Waals surface area contributed by atoms with Crippen LogP contribution in [0.4, 0.5) is 0 Å². The largest absolute Gasteiger partial charge is 0.347 e. The minimum Gasteiger partial charge on any atom is -0.347 e. The van der Waals surface area contributed by atoms with E-state index in [1.165, 1.54) is 0 Å². The minimum atomic E-state index is -3.72. The van der Waals surface area contributed by atoms with Crippen LogP contribution in [0.25, 0.3) is 10.9 Å². The fourth-order valence-corrected chi connectivity index (χ4v) is 4.76. The molecule has 0 aliphatic rings. The first-order chi connectivity index (χ1) is 12.2. The fraction of sp³-hybridized carbons (Fsp3) is 0.250. The standard InChI is InChI=1S/C20H23N3O2S/c1-13-10-14(2)20(15(3)11-13)26(24,25)22-21-12-18-16(4)23(5)19-9-7-6-8-17(18)19/h6-12,22H,1-5H3/b21-12+. The Morgan fingerprint density at radius 3 is 2.31 bits per heavy atom. The van der Waals surface area contributed by atoms with E-state index in [4.69, 9.17) is 0 Å². The van der Waals surface area contributed by atoms with E-state index in [0.29, 0.717) is 11.1 Å². The van der Waals surface area contributed by atoms with Gasteiger partial charge < -0.3 is 4.57 Å². The van der Waals surface area contributed by atoms with E-state index in [0.717, 1.165) is 27.7 Å². The van der Waals surface area contributed by atoms with Crippen LogP contribution in [0.5, 0.6) is 0 Å². The number of sulfonamides is 1. The monoisotopic (exact) mass is 369 g/mol. The SMILES string of the molecule is Cc1cc(C)c(S(=O)(=O)N/N=C/c2c(C)n(C)c3ccccc23)c(C)c1. The van der Waals surface area contributed by atoms with Gasteiger partial charge in [0, 0.05) is 29.2 Å². The van der Waals surface area contributed by atoms with Crippen LogP contribution in [-0.4, -0.2) is 19.2 Å². The third-order valence-corrected chi connectivity index (χ3v) is 6.22. The predicted octanol–water partition coefficient (Wildman–Crippen LogP) is 3.72. The van der Waals surface area contributed by atoms with E-state index < -0.39 is 10.0 Å². The normalized spacial score (nSPS) is 12.2. The quantitative estimate of drug-likeness (QED) is 0.563. The molecule has 0 saturated heterocycles. The highest BCUT2D eigenvalue weighted by Gasteiger charge is 2.19. The van der Waals surface area contributed by atoms with Crippen molar-refractivity contribution in [2.75, 3.05) is 0 Å². The predicted molar refractivity (Wildman–Crippen MR) is 106 cm³/mol. The van der Waals surface area contributed by atoms with Gasteiger partial charge in [-0.05, 0) is 44.9 Å². The second-order valence-corrected chi connectivity index (χ2v) is 8.25. The molecule has 6 heteroatoms. The average Bonchev–Trinajstić information content (AvgIpc) is 2.79. The van der Waals surface area contributed by atoms with Gasteiger partial charge in [-0.2, -0.15) is 13.5 Å². The lowest BCUT2D eigenvalue weighted by atomic mass is 10.1. The summed E-state index contributed by atoms with van der Waals surface area (Å²) in [4.78, 5) is 2.65. The van der Waals surface area contributed by atoms with Gasteiger partial charge in [-0.15, -0.1) is 0 Å². The van der Waals surface area contributed by atoms with E-state index in [1.807, 2.05) is 57.3 Å². The van der Waals surface area contributed by atoms with Crippen LogP contribution in [0.2, 0.25) is 0 Å². The summed E-state index contributed by atoms with van der Waals surface area (Å²) < 4.78 is 27.5. The number of benzene rings is 2. The summed E-state index contributed by atoms with van der Waals surface area (Å²) in [6.45, 7) is 7.54. The molecule has 0 unspecified atom stereocenters.